The molecule has 2 aromatic heterocycles. The second-order valence-corrected chi connectivity index (χ2v) is 7.77. The van der Waals surface area contributed by atoms with Gasteiger partial charge in [-0.15, -0.1) is 21.5 Å². The third kappa shape index (κ3) is 4.29. The van der Waals surface area contributed by atoms with E-state index in [1.54, 1.807) is 11.3 Å². The topological polar surface area (TPSA) is 59.8 Å². The van der Waals surface area contributed by atoms with Crippen LogP contribution < -0.4 is 5.32 Å². The maximum absolute atomic E-state index is 12.1. The minimum absolute atomic E-state index is 0.0134. The van der Waals surface area contributed by atoms with Gasteiger partial charge in [-0.3, -0.25) is 9.36 Å². The average Bonchev–Trinajstić information content (AvgIpc) is 3.26. The molecule has 3 rings (SSSR count). The van der Waals surface area contributed by atoms with Crippen LogP contribution in [0.1, 0.15) is 19.4 Å². The highest BCUT2D eigenvalue weighted by molar-refractivity contribution is 8.00. The third-order valence-electron chi connectivity index (χ3n) is 3.64. The number of carbonyl (C=O) groups excluding carboxylic acids is 1. The SMILES string of the molecule is CCNC(=O)[C@H](C)Sc1nnc(-c2cccs2)n1Cc1ccccc1. The van der Waals surface area contributed by atoms with E-state index in [2.05, 4.69) is 32.2 Å². The highest BCUT2D eigenvalue weighted by atomic mass is 32.2. The van der Waals surface area contributed by atoms with Crippen LogP contribution >= 0.6 is 23.1 Å². The quantitative estimate of drug-likeness (QED) is 0.643. The van der Waals surface area contributed by atoms with Crippen LogP contribution in [0.2, 0.25) is 0 Å². The molecule has 0 aliphatic heterocycles. The fraction of sp³-hybridized carbons (Fsp3) is 0.278. The average molecular weight is 373 g/mol. The molecule has 0 saturated heterocycles. The molecular formula is C18H20N4OS2. The standard InChI is InChI=1S/C18H20N4OS2/c1-3-19-17(23)13(2)25-18-21-20-16(15-10-7-11-24-15)22(18)12-14-8-5-4-6-9-14/h4-11,13H,3,12H2,1-2H3,(H,19,23)/t13-/m0/s1. The molecule has 0 aliphatic carbocycles. The molecule has 7 heteroatoms. The summed E-state index contributed by atoms with van der Waals surface area (Å²) in [4.78, 5) is 13.1. The Morgan fingerprint density at radius 2 is 2.04 bits per heavy atom. The number of nitrogens with zero attached hydrogens (tertiary/aromatic N) is 3. The molecule has 0 fully saturated rings. The van der Waals surface area contributed by atoms with Crippen molar-refractivity contribution in [1.29, 1.82) is 0 Å². The Morgan fingerprint density at radius 3 is 2.72 bits per heavy atom. The molecule has 0 spiro atoms. The maximum atomic E-state index is 12.1. The van der Waals surface area contributed by atoms with Crippen molar-refractivity contribution >= 4 is 29.0 Å². The molecule has 3 aromatic rings. The largest absolute Gasteiger partial charge is 0.355 e. The van der Waals surface area contributed by atoms with E-state index in [0.717, 1.165) is 15.9 Å². The number of hydrogen-bond donors (Lipinski definition) is 1. The van der Waals surface area contributed by atoms with Crippen LogP contribution in [0, 0.1) is 0 Å². The number of thioether (sulfide) groups is 1. The number of carbonyl (C=O) groups is 1. The Balaban J connectivity index is 1.91. The summed E-state index contributed by atoms with van der Waals surface area (Å²) < 4.78 is 2.08. The van der Waals surface area contributed by atoms with Crippen molar-refractivity contribution in [2.24, 2.45) is 0 Å². The van der Waals surface area contributed by atoms with E-state index in [0.29, 0.717) is 13.1 Å². The van der Waals surface area contributed by atoms with Gasteiger partial charge in [-0.25, -0.2) is 0 Å². The number of nitrogens with one attached hydrogen (secondary N) is 1. The van der Waals surface area contributed by atoms with Gasteiger partial charge >= 0.3 is 0 Å². The van der Waals surface area contributed by atoms with Gasteiger partial charge in [0, 0.05) is 6.54 Å². The molecule has 130 valence electrons. The minimum atomic E-state index is -0.227. The first-order valence-corrected chi connectivity index (χ1v) is 9.90. The zero-order valence-corrected chi connectivity index (χ0v) is 15.8. The fourth-order valence-corrected chi connectivity index (χ4v) is 3.99. The normalized spacial score (nSPS) is 12.1. The highest BCUT2D eigenvalue weighted by Gasteiger charge is 2.21. The van der Waals surface area contributed by atoms with Crippen LogP contribution in [0.15, 0.2) is 53.0 Å². The van der Waals surface area contributed by atoms with Gasteiger partial charge in [0.1, 0.15) is 0 Å². The Kier molecular flexibility index (Phi) is 5.88. The van der Waals surface area contributed by atoms with Crippen molar-refractivity contribution in [1.82, 2.24) is 20.1 Å². The first-order valence-electron chi connectivity index (χ1n) is 8.14. The van der Waals surface area contributed by atoms with Crippen molar-refractivity contribution in [3.63, 3.8) is 0 Å². The lowest BCUT2D eigenvalue weighted by Crippen LogP contribution is -2.30. The summed E-state index contributed by atoms with van der Waals surface area (Å²) in [5.41, 5.74) is 1.17. The van der Waals surface area contributed by atoms with Gasteiger partial charge in [0.15, 0.2) is 11.0 Å². The summed E-state index contributed by atoms with van der Waals surface area (Å²) in [5, 5.41) is 14.1. The minimum Gasteiger partial charge on any atom is -0.355 e. The summed E-state index contributed by atoms with van der Waals surface area (Å²) in [6, 6.07) is 14.3. The monoisotopic (exact) mass is 372 g/mol. The predicted octanol–water partition coefficient (Wildman–Crippen LogP) is 3.67. The number of benzene rings is 1. The van der Waals surface area contributed by atoms with Gasteiger partial charge in [-0.2, -0.15) is 0 Å². The molecule has 0 aliphatic rings. The number of amides is 1. The van der Waals surface area contributed by atoms with E-state index in [4.69, 9.17) is 0 Å². The van der Waals surface area contributed by atoms with Crippen molar-refractivity contribution in [2.75, 3.05) is 6.54 Å². The number of hydrogen-bond acceptors (Lipinski definition) is 5. The van der Waals surface area contributed by atoms with Crippen molar-refractivity contribution < 1.29 is 4.79 Å². The molecule has 1 atom stereocenters. The molecule has 2 heterocycles. The van der Waals surface area contributed by atoms with Crippen LogP contribution in [-0.2, 0) is 11.3 Å². The zero-order valence-electron chi connectivity index (χ0n) is 14.2. The number of thiophene rings is 1. The summed E-state index contributed by atoms with van der Waals surface area (Å²) in [7, 11) is 0. The third-order valence-corrected chi connectivity index (χ3v) is 5.59. The molecule has 1 aromatic carbocycles. The molecule has 0 bridgehead atoms. The molecule has 0 saturated carbocycles. The smallest absolute Gasteiger partial charge is 0.233 e. The second-order valence-electron chi connectivity index (χ2n) is 5.51. The van der Waals surface area contributed by atoms with Crippen molar-refractivity contribution in [2.45, 2.75) is 30.8 Å². The first kappa shape index (κ1) is 17.7. The van der Waals surface area contributed by atoms with Gasteiger partial charge in [-0.1, -0.05) is 48.2 Å². The molecule has 0 unspecified atom stereocenters. The van der Waals surface area contributed by atoms with Gasteiger partial charge in [-0.05, 0) is 30.9 Å². The van der Waals surface area contributed by atoms with Gasteiger partial charge < -0.3 is 5.32 Å². The lowest BCUT2D eigenvalue weighted by Gasteiger charge is -2.13. The van der Waals surface area contributed by atoms with Crippen LogP contribution in [0.5, 0.6) is 0 Å². The van der Waals surface area contributed by atoms with E-state index >= 15 is 0 Å². The Morgan fingerprint density at radius 1 is 1.24 bits per heavy atom. The molecule has 25 heavy (non-hydrogen) atoms. The Labute approximate surface area is 155 Å². The van der Waals surface area contributed by atoms with E-state index < -0.39 is 0 Å². The van der Waals surface area contributed by atoms with Gasteiger partial charge in [0.05, 0.1) is 16.7 Å². The van der Waals surface area contributed by atoms with E-state index in [1.807, 2.05) is 49.6 Å². The van der Waals surface area contributed by atoms with E-state index in [1.165, 1.54) is 17.3 Å². The summed E-state index contributed by atoms with van der Waals surface area (Å²) in [6.07, 6.45) is 0. The molecule has 1 N–H and O–H groups in total. The lowest BCUT2D eigenvalue weighted by atomic mass is 10.2. The van der Waals surface area contributed by atoms with Crippen molar-refractivity contribution in [3.05, 3.63) is 53.4 Å². The Bertz CT molecular complexity index is 815. The number of rotatable bonds is 7. The summed E-state index contributed by atoms with van der Waals surface area (Å²) in [6.45, 7) is 5.11. The van der Waals surface area contributed by atoms with Gasteiger partial charge in [0.25, 0.3) is 0 Å². The van der Waals surface area contributed by atoms with E-state index in [9.17, 15) is 4.79 Å². The molecule has 5 nitrogen and oxygen atoms in total. The summed E-state index contributed by atoms with van der Waals surface area (Å²) in [5.74, 6) is 0.851. The predicted molar refractivity (Wildman–Crippen MR) is 103 cm³/mol. The zero-order chi connectivity index (χ0) is 17.6. The Hall–Kier alpha value is -2.12. The molecule has 0 radical (unpaired) electrons. The van der Waals surface area contributed by atoms with Crippen LogP contribution in [0.3, 0.4) is 0 Å². The highest BCUT2D eigenvalue weighted by Crippen LogP contribution is 2.29. The van der Waals surface area contributed by atoms with Crippen molar-refractivity contribution in [3.8, 4) is 10.7 Å². The fourth-order valence-electron chi connectivity index (χ4n) is 2.40. The van der Waals surface area contributed by atoms with Crippen LogP contribution in [0.4, 0.5) is 0 Å². The maximum Gasteiger partial charge on any atom is 0.233 e. The number of aromatic nitrogens is 3. The van der Waals surface area contributed by atoms with Gasteiger partial charge in [0.2, 0.25) is 5.91 Å². The van der Waals surface area contributed by atoms with Crippen LogP contribution in [-0.4, -0.2) is 32.5 Å². The summed E-state index contributed by atoms with van der Waals surface area (Å²) >= 11 is 3.07. The van der Waals surface area contributed by atoms with Crippen LogP contribution in [0.25, 0.3) is 10.7 Å². The lowest BCUT2D eigenvalue weighted by molar-refractivity contribution is -0.120. The first-order chi connectivity index (χ1) is 12.2. The second kappa shape index (κ2) is 8.31. The molecule has 1 amide bonds. The van der Waals surface area contributed by atoms with E-state index in [-0.39, 0.29) is 11.2 Å². The molecular weight excluding hydrogens is 352 g/mol.